The first-order valence-corrected chi connectivity index (χ1v) is 14.6. The van der Waals surface area contributed by atoms with Crippen LogP contribution in [0.15, 0.2) is 95.5 Å². The van der Waals surface area contributed by atoms with Crippen LogP contribution in [-0.4, -0.2) is 37.2 Å². The molecule has 0 saturated carbocycles. The summed E-state index contributed by atoms with van der Waals surface area (Å²) in [5, 5.41) is 11.1. The topological polar surface area (TPSA) is 91.3 Å². The van der Waals surface area contributed by atoms with E-state index < -0.39 is 5.97 Å². The van der Waals surface area contributed by atoms with E-state index in [1.54, 1.807) is 11.1 Å². The third kappa shape index (κ3) is 6.86. The summed E-state index contributed by atoms with van der Waals surface area (Å²) < 4.78 is 11.8. The molecule has 5 rings (SSSR count). The second-order valence-corrected chi connectivity index (χ2v) is 10.8. The minimum Gasteiger partial charge on any atom is -0.496 e. The third-order valence-corrected chi connectivity index (χ3v) is 7.82. The van der Waals surface area contributed by atoms with Crippen LogP contribution in [-0.2, 0) is 11.2 Å². The minimum atomic E-state index is -1.11. The largest absolute Gasteiger partial charge is 0.496 e. The number of hydrogen-bond donors (Lipinski definition) is 2. The van der Waals surface area contributed by atoms with Crippen molar-refractivity contribution in [3.05, 3.63) is 107 Å². The zero-order valence-corrected chi connectivity index (χ0v) is 24.8. The van der Waals surface area contributed by atoms with E-state index >= 15 is 0 Å². The lowest BCUT2D eigenvalue weighted by Crippen LogP contribution is -2.39. The number of hydrogen-bond acceptors (Lipinski definition) is 6. The Hall–Kier alpha value is -4.50. The first kappa shape index (κ1) is 29.0. The van der Waals surface area contributed by atoms with E-state index in [0.29, 0.717) is 21.5 Å². The molecule has 4 aromatic carbocycles. The molecule has 1 fully saturated rings. The van der Waals surface area contributed by atoms with Gasteiger partial charge in [0.1, 0.15) is 22.8 Å². The van der Waals surface area contributed by atoms with Crippen LogP contribution in [0.1, 0.15) is 35.2 Å². The monoisotopic (exact) mass is 629 g/mol. The number of ether oxygens (including phenoxy) is 2. The highest BCUT2D eigenvalue weighted by atomic mass is 79.9. The highest BCUT2D eigenvalue weighted by Gasteiger charge is 2.25. The quantitative estimate of drug-likeness (QED) is 0.175. The third-order valence-electron chi connectivity index (χ3n) is 7.08. The predicted octanol–water partition coefficient (Wildman–Crippen LogP) is 7.54. The zero-order chi connectivity index (χ0) is 29.5. The van der Waals surface area contributed by atoms with Crippen molar-refractivity contribution in [2.45, 2.75) is 25.7 Å². The first-order chi connectivity index (χ1) is 20.4. The molecule has 2 N–H and O–H groups in total. The van der Waals surface area contributed by atoms with E-state index in [4.69, 9.17) is 9.47 Å². The molecule has 42 heavy (non-hydrogen) atoms. The van der Waals surface area contributed by atoms with Gasteiger partial charge in [-0.2, -0.15) is 0 Å². The Bertz CT molecular complexity index is 1540. The maximum atomic E-state index is 14.1. The van der Waals surface area contributed by atoms with Crippen LogP contribution in [0.3, 0.4) is 0 Å². The standard InChI is InChI=1S/C33H32BrN3O5/c1-41-31-20-23(28(34)22-27(31)33(39)40)21-32(38)37(30-13-7-6-12-29(30)36-18-8-3-9-19-36)35-24-14-16-26(17-15-24)42-25-10-4-2-5-11-25/h2,4-7,10-17,20,22,35H,3,8-9,18-19,21H2,1H3,(H,39,40). The number of hydrazine groups is 1. The molecule has 0 atom stereocenters. The van der Waals surface area contributed by atoms with Gasteiger partial charge in [-0.15, -0.1) is 0 Å². The summed E-state index contributed by atoms with van der Waals surface area (Å²) >= 11 is 3.46. The lowest BCUT2D eigenvalue weighted by Gasteiger charge is -2.34. The number of carbonyl (C=O) groups is 2. The van der Waals surface area contributed by atoms with Gasteiger partial charge in [0.2, 0.25) is 5.91 Å². The number of nitrogens with one attached hydrogen (secondary N) is 1. The molecule has 1 aliphatic heterocycles. The SMILES string of the molecule is COc1cc(CC(=O)N(Nc2ccc(Oc3ccccc3)cc2)c2ccccc2N2CCCCC2)c(Br)cc1C(=O)O. The van der Waals surface area contributed by atoms with Crippen LogP contribution in [0, 0.1) is 0 Å². The Balaban J connectivity index is 1.46. The summed E-state index contributed by atoms with van der Waals surface area (Å²) in [6.07, 6.45) is 3.38. The fourth-order valence-electron chi connectivity index (χ4n) is 4.97. The molecule has 1 aliphatic rings. The van der Waals surface area contributed by atoms with Crippen molar-refractivity contribution in [3.63, 3.8) is 0 Å². The van der Waals surface area contributed by atoms with Crippen molar-refractivity contribution < 1.29 is 24.2 Å². The fourth-order valence-corrected chi connectivity index (χ4v) is 5.46. The zero-order valence-electron chi connectivity index (χ0n) is 23.3. The Morgan fingerprint density at radius 3 is 2.26 bits per heavy atom. The van der Waals surface area contributed by atoms with Crippen molar-refractivity contribution in [2.75, 3.05) is 35.5 Å². The second kappa shape index (κ2) is 13.4. The number of aromatic carboxylic acids is 1. The van der Waals surface area contributed by atoms with Crippen molar-refractivity contribution in [1.29, 1.82) is 0 Å². The normalized spacial score (nSPS) is 12.9. The number of amides is 1. The molecule has 0 aliphatic carbocycles. The molecule has 1 heterocycles. The smallest absolute Gasteiger partial charge is 0.339 e. The number of halogens is 1. The molecule has 0 aromatic heterocycles. The summed E-state index contributed by atoms with van der Waals surface area (Å²) in [6.45, 7) is 1.84. The van der Waals surface area contributed by atoms with Crippen molar-refractivity contribution in [3.8, 4) is 17.2 Å². The van der Waals surface area contributed by atoms with Crippen LogP contribution in [0.2, 0.25) is 0 Å². The molecule has 9 heteroatoms. The maximum absolute atomic E-state index is 14.1. The van der Waals surface area contributed by atoms with E-state index in [1.807, 2.05) is 78.9 Å². The molecule has 216 valence electrons. The number of rotatable bonds is 10. The fraction of sp³-hybridized carbons (Fsp3) is 0.212. The van der Waals surface area contributed by atoms with E-state index in [0.717, 1.165) is 43.1 Å². The minimum absolute atomic E-state index is 0.00657. The van der Waals surface area contributed by atoms with Gasteiger partial charge in [0.05, 0.1) is 30.6 Å². The van der Waals surface area contributed by atoms with Crippen LogP contribution < -0.4 is 24.8 Å². The number of benzene rings is 4. The Labute approximate surface area is 253 Å². The molecule has 4 aromatic rings. The number of anilines is 3. The molecule has 1 amide bonds. The molecular weight excluding hydrogens is 598 g/mol. The van der Waals surface area contributed by atoms with E-state index in [2.05, 4.69) is 26.3 Å². The Morgan fingerprint density at radius 2 is 1.57 bits per heavy atom. The van der Waals surface area contributed by atoms with Crippen LogP contribution >= 0.6 is 15.9 Å². The van der Waals surface area contributed by atoms with Gasteiger partial charge in [-0.05, 0) is 85.5 Å². The number of para-hydroxylation sites is 3. The number of methoxy groups -OCH3 is 1. The van der Waals surface area contributed by atoms with E-state index in [1.165, 1.54) is 19.6 Å². The molecule has 0 spiro atoms. The predicted molar refractivity (Wildman–Crippen MR) is 168 cm³/mol. The average Bonchev–Trinajstić information content (AvgIpc) is 3.02. The van der Waals surface area contributed by atoms with Crippen molar-refractivity contribution in [1.82, 2.24) is 0 Å². The number of carboxylic acids is 1. The highest BCUT2D eigenvalue weighted by molar-refractivity contribution is 9.10. The molecule has 0 bridgehead atoms. The summed E-state index contributed by atoms with van der Waals surface area (Å²) in [4.78, 5) is 28.1. The summed E-state index contributed by atoms with van der Waals surface area (Å²) in [5.74, 6) is 0.266. The van der Waals surface area contributed by atoms with Gasteiger partial charge in [-0.3, -0.25) is 10.2 Å². The number of nitrogens with zero attached hydrogens (tertiary/aromatic N) is 2. The van der Waals surface area contributed by atoms with Gasteiger partial charge < -0.3 is 19.5 Å². The van der Waals surface area contributed by atoms with Crippen molar-refractivity contribution >= 4 is 44.9 Å². The van der Waals surface area contributed by atoms with Gasteiger partial charge in [-0.1, -0.05) is 46.3 Å². The molecule has 0 unspecified atom stereocenters. The van der Waals surface area contributed by atoms with Crippen LogP contribution in [0.25, 0.3) is 0 Å². The van der Waals surface area contributed by atoms with Gasteiger partial charge in [0, 0.05) is 17.6 Å². The number of piperidine rings is 1. The van der Waals surface area contributed by atoms with E-state index in [9.17, 15) is 14.7 Å². The molecular formula is C33H32BrN3O5. The Kier molecular flexibility index (Phi) is 9.28. The molecule has 0 radical (unpaired) electrons. The van der Waals surface area contributed by atoms with Gasteiger partial charge in [-0.25, -0.2) is 9.80 Å². The summed E-state index contributed by atoms with van der Waals surface area (Å²) in [6, 6.07) is 27.9. The Morgan fingerprint density at radius 1 is 0.905 bits per heavy atom. The molecule has 1 saturated heterocycles. The number of carboxylic acid groups (broad SMARTS) is 1. The number of carbonyl (C=O) groups excluding carboxylic acids is 1. The summed E-state index contributed by atoms with van der Waals surface area (Å²) in [5.41, 5.74) is 6.36. The van der Waals surface area contributed by atoms with E-state index in [-0.39, 0.29) is 23.6 Å². The second-order valence-electron chi connectivity index (χ2n) is 9.94. The van der Waals surface area contributed by atoms with Crippen LogP contribution in [0.5, 0.6) is 17.2 Å². The first-order valence-electron chi connectivity index (χ1n) is 13.8. The average molecular weight is 631 g/mol. The highest BCUT2D eigenvalue weighted by Crippen LogP contribution is 2.34. The van der Waals surface area contributed by atoms with Gasteiger partial charge in [0.25, 0.3) is 0 Å². The van der Waals surface area contributed by atoms with Gasteiger partial charge >= 0.3 is 5.97 Å². The van der Waals surface area contributed by atoms with Gasteiger partial charge in [0.15, 0.2) is 0 Å². The van der Waals surface area contributed by atoms with Crippen molar-refractivity contribution in [2.24, 2.45) is 0 Å². The lowest BCUT2D eigenvalue weighted by atomic mass is 10.1. The maximum Gasteiger partial charge on any atom is 0.339 e. The summed E-state index contributed by atoms with van der Waals surface area (Å²) in [7, 11) is 1.41. The molecule has 8 nitrogen and oxygen atoms in total. The lowest BCUT2D eigenvalue weighted by molar-refractivity contribution is -0.117. The van der Waals surface area contributed by atoms with Crippen LogP contribution in [0.4, 0.5) is 17.1 Å².